The van der Waals surface area contributed by atoms with Crippen molar-refractivity contribution in [3.05, 3.63) is 58.7 Å². The standard InChI is InChI=1S/C24H26N2O4/c1-13-19-17(11-14(29-5)12-18(19)30-6)21(22(27)25-24(2,3)4)26-20(13)15-9-7-8-10-16(15)23(26)28/h7-12,21H,1-6H3,(H,25,27)/t21-/m1/s1. The summed E-state index contributed by atoms with van der Waals surface area (Å²) in [7, 11) is 3.16. The molecule has 0 spiro atoms. The monoisotopic (exact) mass is 406 g/mol. The SMILES string of the molecule is COc1cc(OC)c2c(c1)[C@H](C(=O)NC(C)(C)C)N1C(=O)c3ccccc3C1=C2C. The van der Waals surface area contributed by atoms with Crippen LogP contribution in [0, 0.1) is 0 Å². The molecule has 156 valence electrons. The van der Waals surface area contributed by atoms with Crippen molar-refractivity contribution in [1.29, 1.82) is 0 Å². The molecule has 0 aromatic heterocycles. The molecule has 2 aliphatic rings. The van der Waals surface area contributed by atoms with Crippen molar-refractivity contribution in [2.75, 3.05) is 14.2 Å². The molecule has 6 heteroatoms. The van der Waals surface area contributed by atoms with Crippen LogP contribution in [0.25, 0.3) is 11.3 Å². The van der Waals surface area contributed by atoms with E-state index >= 15 is 0 Å². The molecule has 4 rings (SSSR count). The van der Waals surface area contributed by atoms with Crippen molar-refractivity contribution in [3.63, 3.8) is 0 Å². The maximum atomic E-state index is 13.5. The van der Waals surface area contributed by atoms with E-state index in [1.54, 1.807) is 31.3 Å². The normalized spacial score (nSPS) is 17.3. The highest BCUT2D eigenvalue weighted by Gasteiger charge is 2.47. The maximum absolute atomic E-state index is 13.5. The molecule has 2 amide bonds. The van der Waals surface area contributed by atoms with Crippen LogP contribution >= 0.6 is 0 Å². The predicted octanol–water partition coefficient (Wildman–Crippen LogP) is 4.02. The summed E-state index contributed by atoms with van der Waals surface area (Å²) in [5, 5.41) is 3.04. The lowest BCUT2D eigenvalue weighted by Gasteiger charge is -2.37. The summed E-state index contributed by atoms with van der Waals surface area (Å²) in [6.45, 7) is 7.72. The van der Waals surface area contributed by atoms with E-state index in [9.17, 15) is 9.59 Å². The number of methoxy groups -OCH3 is 2. The number of nitrogens with zero attached hydrogens (tertiary/aromatic N) is 1. The Morgan fingerprint density at radius 1 is 1.07 bits per heavy atom. The fourth-order valence-corrected chi connectivity index (χ4v) is 4.33. The first-order valence-electron chi connectivity index (χ1n) is 9.90. The van der Waals surface area contributed by atoms with E-state index in [-0.39, 0.29) is 11.8 Å². The van der Waals surface area contributed by atoms with E-state index in [1.165, 1.54) is 0 Å². The maximum Gasteiger partial charge on any atom is 0.260 e. The Morgan fingerprint density at radius 2 is 1.73 bits per heavy atom. The number of benzene rings is 2. The summed E-state index contributed by atoms with van der Waals surface area (Å²) < 4.78 is 11.1. The molecule has 0 unspecified atom stereocenters. The number of carbonyl (C=O) groups is 2. The molecule has 0 radical (unpaired) electrons. The molecule has 0 saturated carbocycles. The van der Waals surface area contributed by atoms with Crippen LogP contribution in [0.2, 0.25) is 0 Å². The average molecular weight is 406 g/mol. The molecule has 2 aromatic rings. The Hall–Kier alpha value is -3.28. The third-order valence-corrected chi connectivity index (χ3v) is 5.46. The minimum absolute atomic E-state index is 0.179. The molecule has 0 bridgehead atoms. The van der Waals surface area contributed by atoms with Gasteiger partial charge in [-0.25, -0.2) is 0 Å². The van der Waals surface area contributed by atoms with Crippen molar-refractivity contribution in [1.82, 2.24) is 10.2 Å². The number of ether oxygens (including phenoxy) is 2. The highest BCUT2D eigenvalue weighted by Crippen LogP contribution is 2.51. The van der Waals surface area contributed by atoms with Crippen molar-refractivity contribution in [2.45, 2.75) is 39.3 Å². The lowest BCUT2D eigenvalue weighted by Crippen LogP contribution is -2.48. The largest absolute Gasteiger partial charge is 0.497 e. The van der Waals surface area contributed by atoms with Gasteiger partial charge in [0.1, 0.15) is 17.5 Å². The number of amides is 2. The first kappa shape index (κ1) is 20.0. The van der Waals surface area contributed by atoms with Crippen LogP contribution < -0.4 is 14.8 Å². The van der Waals surface area contributed by atoms with Crippen molar-refractivity contribution in [3.8, 4) is 11.5 Å². The van der Waals surface area contributed by atoms with Gasteiger partial charge in [-0.2, -0.15) is 0 Å². The van der Waals surface area contributed by atoms with Gasteiger partial charge in [-0.05, 0) is 51.0 Å². The molecule has 0 aliphatic carbocycles. The molecular weight excluding hydrogens is 380 g/mol. The third kappa shape index (κ3) is 2.95. The van der Waals surface area contributed by atoms with Gasteiger partial charge in [-0.3, -0.25) is 14.5 Å². The fourth-order valence-electron chi connectivity index (χ4n) is 4.33. The van der Waals surface area contributed by atoms with Crippen LogP contribution in [-0.2, 0) is 4.79 Å². The van der Waals surface area contributed by atoms with E-state index in [4.69, 9.17) is 9.47 Å². The van der Waals surface area contributed by atoms with E-state index in [0.717, 1.165) is 22.4 Å². The van der Waals surface area contributed by atoms with Gasteiger partial charge in [0.05, 0.1) is 19.9 Å². The van der Waals surface area contributed by atoms with E-state index in [1.807, 2.05) is 52.0 Å². The molecule has 2 aromatic carbocycles. The zero-order valence-corrected chi connectivity index (χ0v) is 18.1. The van der Waals surface area contributed by atoms with Crippen LogP contribution in [-0.4, -0.2) is 36.5 Å². The number of allylic oxidation sites excluding steroid dienone is 1. The van der Waals surface area contributed by atoms with Crippen LogP contribution in [0.5, 0.6) is 11.5 Å². The molecule has 1 N–H and O–H groups in total. The number of carbonyl (C=O) groups excluding carboxylic acids is 2. The quantitative estimate of drug-likeness (QED) is 0.836. The minimum Gasteiger partial charge on any atom is -0.497 e. The molecule has 30 heavy (non-hydrogen) atoms. The molecule has 6 nitrogen and oxygen atoms in total. The molecule has 0 fully saturated rings. The van der Waals surface area contributed by atoms with Gasteiger partial charge in [-0.15, -0.1) is 0 Å². The fraction of sp³-hybridized carbons (Fsp3) is 0.333. The highest BCUT2D eigenvalue weighted by atomic mass is 16.5. The van der Waals surface area contributed by atoms with E-state index in [2.05, 4.69) is 5.32 Å². The Bertz CT molecular complexity index is 1090. The second kappa shape index (κ2) is 6.90. The van der Waals surface area contributed by atoms with Gasteiger partial charge in [-0.1, -0.05) is 18.2 Å². The third-order valence-electron chi connectivity index (χ3n) is 5.46. The van der Waals surface area contributed by atoms with Crippen LogP contribution in [0.3, 0.4) is 0 Å². The number of rotatable bonds is 3. The molecule has 2 heterocycles. The molecular formula is C24H26N2O4. The summed E-state index contributed by atoms with van der Waals surface area (Å²) >= 11 is 0. The number of fused-ring (bicyclic) bond motifs is 4. The predicted molar refractivity (Wildman–Crippen MR) is 115 cm³/mol. The Labute approximate surface area is 176 Å². The summed E-state index contributed by atoms with van der Waals surface area (Å²) in [5.74, 6) is 0.755. The molecule has 2 aliphatic heterocycles. The van der Waals surface area contributed by atoms with Gasteiger partial charge in [0.25, 0.3) is 5.91 Å². The Kier molecular flexibility index (Phi) is 4.60. The number of hydrogen-bond donors (Lipinski definition) is 1. The van der Waals surface area contributed by atoms with Crippen molar-refractivity contribution < 1.29 is 19.1 Å². The average Bonchev–Trinajstić information content (AvgIpc) is 2.99. The number of hydrogen-bond acceptors (Lipinski definition) is 4. The minimum atomic E-state index is -0.832. The second-order valence-corrected chi connectivity index (χ2v) is 8.63. The van der Waals surface area contributed by atoms with Gasteiger partial charge >= 0.3 is 0 Å². The van der Waals surface area contributed by atoms with E-state index in [0.29, 0.717) is 22.6 Å². The lowest BCUT2D eigenvalue weighted by molar-refractivity contribution is -0.126. The number of nitrogens with one attached hydrogen (secondary N) is 1. The zero-order valence-electron chi connectivity index (χ0n) is 18.1. The second-order valence-electron chi connectivity index (χ2n) is 8.63. The van der Waals surface area contributed by atoms with Gasteiger partial charge < -0.3 is 14.8 Å². The molecule has 1 atom stereocenters. The van der Waals surface area contributed by atoms with Crippen molar-refractivity contribution in [2.24, 2.45) is 0 Å². The topological polar surface area (TPSA) is 67.9 Å². The van der Waals surface area contributed by atoms with Crippen LogP contribution in [0.4, 0.5) is 0 Å². The lowest BCUT2D eigenvalue weighted by atomic mass is 9.86. The first-order chi connectivity index (χ1) is 14.2. The van der Waals surface area contributed by atoms with Gasteiger partial charge in [0.2, 0.25) is 5.91 Å². The van der Waals surface area contributed by atoms with Gasteiger partial charge in [0.15, 0.2) is 0 Å². The van der Waals surface area contributed by atoms with Crippen LogP contribution in [0.15, 0.2) is 36.4 Å². The van der Waals surface area contributed by atoms with E-state index < -0.39 is 11.6 Å². The smallest absolute Gasteiger partial charge is 0.260 e. The Morgan fingerprint density at radius 3 is 2.33 bits per heavy atom. The van der Waals surface area contributed by atoms with Gasteiger partial charge in [0, 0.05) is 28.3 Å². The summed E-state index contributed by atoms with van der Waals surface area (Å²) in [6.07, 6.45) is 0. The molecule has 0 saturated heterocycles. The highest BCUT2D eigenvalue weighted by molar-refractivity contribution is 6.17. The summed E-state index contributed by atoms with van der Waals surface area (Å²) in [6, 6.07) is 10.3. The van der Waals surface area contributed by atoms with Crippen LogP contribution in [0.1, 0.15) is 60.8 Å². The Balaban J connectivity index is 2.03. The summed E-state index contributed by atoms with van der Waals surface area (Å²) in [4.78, 5) is 28.6. The van der Waals surface area contributed by atoms with Crippen molar-refractivity contribution >= 4 is 23.1 Å². The zero-order chi connectivity index (χ0) is 21.8. The summed E-state index contributed by atoms with van der Waals surface area (Å²) in [5.41, 5.74) is 4.13. The first-order valence-corrected chi connectivity index (χ1v) is 9.90.